The number of rotatable bonds is 4. The molecule has 0 aliphatic rings. The highest BCUT2D eigenvalue weighted by molar-refractivity contribution is 5.85. The average molecular weight is 302 g/mol. The molecule has 0 aliphatic heterocycles. The third-order valence-corrected chi connectivity index (χ3v) is 3.12. The molecule has 0 spiro atoms. The number of alkyl halides is 2. The van der Waals surface area contributed by atoms with Crippen molar-refractivity contribution in [2.24, 2.45) is 0 Å². The predicted molar refractivity (Wildman–Crippen MR) is 78.2 cm³/mol. The van der Waals surface area contributed by atoms with Gasteiger partial charge in [-0.3, -0.25) is 0 Å². The van der Waals surface area contributed by atoms with E-state index in [0.717, 1.165) is 0 Å². The van der Waals surface area contributed by atoms with Gasteiger partial charge in [0, 0.05) is 5.56 Å². The van der Waals surface area contributed by atoms with Crippen LogP contribution in [0, 0.1) is 0 Å². The Morgan fingerprint density at radius 2 is 1.68 bits per heavy atom. The van der Waals surface area contributed by atoms with Crippen molar-refractivity contribution in [3.63, 3.8) is 0 Å². The van der Waals surface area contributed by atoms with Crippen LogP contribution in [0.2, 0.25) is 0 Å². The van der Waals surface area contributed by atoms with Gasteiger partial charge < -0.3 is 9.47 Å². The Labute approximate surface area is 125 Å². The number of benzene rings is 2. The van der Waals surface area contributed by atoms with E-state index in [1.165, 1.54) is 0 Å². The standard InChI is InChI=1S/C16H12F2N2O2/c1-21-11-8-6-10(7-9-11)14-19-13-5-3-2-4-12(13)15(20-14)22-16(17)18/h2-9,16H,1H3. The van der Waals surface area contributed by atoms with Crippen molar-refractivity contribution < 1.29 is 18.3 Å². The number of fused-ring (bicyclic) bond motifs is 1. The number of methoxy groups -OCH3 is 1. The zero-order valence-electron chi connectivity index (χ0n) is 11.7. The Morgan fingerprint density at radius 3 is 2.36 bits per heavy atom. The summed E-state index contributed by atoms with van der Waals surface area (Å²) in [5, 5.41) is 0.445. The highest BCUT2D eigenvalue weighted by Gasteiger charge is 2.14. The molecular weight excluding hydrogens is 290 g/mol. The van der Waals surface area contributed by atoms with Gasteiger partial charge in [-0.15, -0.1) is 0 Å². The van der Waals surface area contributed by atoms with Crippen LogP contribution in [0.1, 0.15) is 0 Å². The molecule has 0 saturated heterocycles. The van der Waals surface area contributed by atoms with Crippen molar-refractivity contribution in [3.8, 4) is 23.0 Å². The third kappa shape index (κ3) is 2.81. The molecule has 0 N–H and O–H groups in total. The van der Waals surface area contributed by atoms with E-state index in [1.54, 1.807) is 55.6 Å². The van der Waals surface area contributed by atoms with Gasteiger partial charge in [-0.05, 0) is 36.4 Å². The van der Waals surface area contributed by atoms with Crippen molar-refractivity contribution >= 4 is 10.9 Å². The van der Waals surface area contributed by atoms with Gasteiger partial charge in [0.1, 0.15) is 5.75 Å². The first-order valence-corrected chi connectivity index (χ1v) is 6.53. The molecule has 22 heavy (non-hydrogen) atoms. The first-order valence-electron chi connectivity index (χ1n) is 6.53. The molecule has 3 rings (SSSR count). The molecule has 4 nitrogen and oxygen atoms in total. The van der Waals surface area contributed by atoms with Crippen LogP contribution in [0.3, 0.4) is 0 Å². The largest absolute Gasteiger partial charge is 0.497 e. The van der Waals surface area contributed by atoms with Crippen LogP contribution in [-0.2, 0) is 0 Å². The van der Waals surface area contributed by atoms with E-state index in [2.05, 4.69) is 14.7 Å². The van der Waals surface area contributed by atoms with Gasteiger partial charge >= 0.3 is 6.61 Å². The highest BCUT2D eigenvalue weighted by atomic mass is 19.3. The second-order valence-corrected chi connectivity index (χ2v) is 4.48. The molecule has 112 valence electrons. The van der Waals surface area contributed by atoms with Crippen LogP contribution in [0.15, 0.2) is 48.5 Å². The number of ether oxygens (including phenoxy) is 2. The normalized spacial score (nSPS) is 10.9. The summed E-state index contributed by atoms with van der Waals surface area (Å²) in [5.41, 5.74) is 1.23. The van der Waals surface area contributed by atoms with Gasteiger partial charge in [0.2, 0.25) is 5.88 Å². The van der Waals surface area contributed by atoms with E-state index in [4.69, 9.17) is 4.74 Å². The summed E-state index contributed by atoms with van der Waals surface area (Å²) in [7, 11) is 1.57. The molecule has 0 bridgehead atoms. The van der Waals surface area contributed by atoms with Gasteiger partial charge in [0.25, 0.3) is 0 Å². The Kier molecular flexibility index (Phi) is 3.82. The molecule has 0 amide bonds. The van der Waals surface area contributed by atoms with E-state index in [0.29, 0.717) is 28.0 Å². The Bertz CT molecular complexity index is 792. The lowest BCUT2D eigenvalue weighted by Gasteiger charge is -2.09. The summed E-state index contributed by atoms with van der Waals surface area (Å²) in [6.45, 7) is -2.94. The van der Waals surface area contributed by atoms with Crippen molar-refractivity contribution in [2.45, 2.75) is 6.61 Å². The van der Waals surface area contributed by atoms with Gasteiger partial charge in [-0.2, -0.15) is 13.8 Å². The monoisotopic (exact) mass is 302 g/mol. The minimum atomic E-state index is -2.94. The van der Waals surface area contributed by atoms with Crippen LogP contribution in [-0.4, -0.2) is 23.7 Å². The van der Waals surface area contributed by atoms with E-state index in [1.807, 2.05) is 0 Å². The van der Waals surface area contributed by atoms with E-state index < -0.39 is 6.61 Å². The first-order chi connectivity index (χ1) is 10.7. The van der Waals surface area contributed by atoms with Crippen molar-refractivity contribution in [2.75, 3.05) is 7.11 Å². The van der Waals surface area contributed by atoms with Gasteiger partial charge in [0.05, 0.1) is 18.0 Å². The van der Waals surface area contributed by atoms with Crippen molar-refractivity contribution in [3.05, 3.63) is 48.5 Å². The second-order valence-electron chi connectivity index (χ2n) is 4.48. The summed E-state index contributed by atoms with van der Waals surface area (Å²) in [6, 6.07) is 13.9. The molecule has 3 aromatic rings. The number of para-hydroxylation sites is 1. The third-order valence-electron chi connectivity index (χ3n) is 3.12. The smallest absolute Gasteiger partial charge is 0.388 e. The van der Waals surface area contributed by atoms with Crippen LogP contribution in [0.4, 0.5) is 8.78 Å². The van der Waals surface area contributed by atoms with E-state index >= 15 is 0 Å². The number of halogens is 2. The summed E-state index contributed by atoms with van der Waals surface area (Å²) in [5.74, 6) is 0.872. The fourth-order valence-electron chi connectivity index (χ4n) is 2.09. The SMILES string of the molecule is COc1ccc(-c2nc(OC(F)F)c3ccccc3n2)cc1. The minimum absolute atomic E-state index is 0.133. The molecule has 2 aromatic carbocycles. The Balaban J connectivity index is 2.12. The molecule has 0 aliphatic carbocycles. The lowest BCUT2D eigenvalue weighted by atomic mass is 10.2. The van der Waals surface area contributed by atoms with Crippen molar-refractivity contribution in [1.82, 2.24) is 9.97 Å². The van der Waals surface area contributed by atoms with Crippen LogP contribution >= 0.6 is 0 Å². The van der Waals surface area contributed by atoms with Gasteiger partial charge in [-0.1, -0.05) is 12.1 Å². The Hall–Kier alpha value is -2.76. The average Bonchev–Trinajstić information content (AvgIpc) is 2.54. The molecule has 0 saturated carbocycles. The molecule has 0 unspecified atom stereocenters. The van der Waals surface area contributed by atoms with Gasteiger partial charge in [-0.25, -0.2) is 4.98 Å². The van der Waals surface area contributed by atoms with E-state index in [9.17, 15) is 8.78 Å². The van der Waals surface area contributed by atoms with E-state index in [-0.39, 0.29) is 5.88 Å². The minimum Gasteiger partial charge on any atom is -0.497 e. The highest BCUT2D eigenvalue weighted by Crippen LogP contribution is 2.28. The zero-order valence-corrected chi connectivity index (χ0v) is 11.7. The summed E-state index contributed by atoms with van der Waals surface area (Å²) < 4.78 is 34.8. The van der Waals surface area contributed by atoms with Crippen LogP contribution < -0.4 is 9.47 Å². The number of hydrogen-bond donors (Lipinski definition) is 0. The fourth-order valence-corrected chi connectivity index (χ4v) is 2.09. The molecule has 0 atom stereocenters. The lowest BCUT2D eigenvalue weighted by molar-refractivity contribution is -0.0516. The van der Waals surface area contributed by atoms with Crippen LogP contribution in [0.5, 0.6) is 11.6 Å². The second kappa shape index (κ2) is 5.93. The molecule has 0 fully saturated rings. The molecule has 1 heterocycles. The molecule has 6 heteroatoms. The Morgan fingerprint density at radius 1 is 0.955 bits per heavy atom. The maximum atomic E-state index is 12.6. The summed E-state index contributed by atoms with van der Waals surface area (Å²) in [6.07, 6.45) is 0. The topological polar surface area (TPSA) is 44.2 Å². The number of aromatic nitrogens is 2. The summed E-state index contributed by atoms with van der Waals surface area (Å²) in [4.78, 5) is 8.50. The maximum absolute atomic E-state index is 12.6. The van der Waals surface area contributed by atoms with Crippen LogP contribution in [0.25, 0.3) is 22.3 Å². The summed E-state index contributed by atoms with van der Waals surface area (Å²) >= 11 is 0. The molecular formula is C16H12F2N2O2. The molecule has 0 radical (unpaired) electrons. The number of hydrogen-bond acceptors (Lipinski definition) is 4. The first kappa shape index (κ1) is 14.2. The zero-order chi connectivity index (χ0) is 15.5. The number of nitrogens with zero attached hydrogens (tertiary/aromatic N) is 2. The predicted octanol–water partition coefficient (Wildman–Crippen LogP) is 3.91. The van der Waals surface area contributed by atoms with Crippen molar-refractivity contribution in [1.29, 1.82) is 0 Å². The fraction of sp³-hybridized carbons (Fsp3) is 0.125. The maximum Gasteiger partial charge on any atom is 0.388 e. The molecule has 1 aromatic heterocycles. The van der Waals surface area contributed by atoms with Gasteiger partial charge in [0.15, 0.2) is 5.82 Å². The quantitative estimate of drug-likeness (QED) is 0.733. The lowest BCUT2D eigenvalue weighted by Crippen LogP contribution is -2.05.